The second kappa shape index (κ2) is 10.3. The van der Waals surface area contributed by atoms with E-state index in [9.17, 15) is 14.4 Å². The number of nitrogens with zero attached hydrogens (tertiary/aromatic N) is 4. The number of carbonyl (C=O) groups excluding carboxylic acids is 2. The average molecular weight is 471 g/mol. The van der Waals surface area contributed by atoms with E-state index in [-0.39, 0.29) is 18.5 Å². The molecule has 1 atom stereocenters. The fraction of sp³-hybridized carbons (Fsp3) is 0.222. The Morgan fingerprint density at radius 2 is 1.63 bits per heavy atom. The number of amides is 1. The van der Waals surface area contributed by atoms with Crippen molar-refractivity contribution in [3.05, 3.63) is 88.2 Å². The highest BCUT2D eigenvalue weighted by Gasteiger charge is 2.27. The number of ether oxygens (including phenoxy) is 1. The van der Waals surface area contributed by atoms with Crippen molar-refractivity contribution in [2.45, 2.75) is 32.9 Å². The van der Waals surface area contributed by atoms with Gasteiger partial charge in [0.2, 0.25) is 6.41 Å². The maximum Gasteiger partial charge on any atom is 0.329 e. The lowest BCUT2D eigenvalue weighted by Gasteiger charge is -2.26. The van der Waals surface area contributed by atoms with E-state index in [0.717, 1.165) is 16.7 Å². The molecule has 0 aliphatic heterocycles. The molecule has 0 N–H and O–H groups in total. The minimum atomic E-state index is -0.940. The summed E-state index contributed by atoms with van der Waals surface area (Å²) in [7, 11) is 1.27. The van der Waals surface area contributed by atoms with E-state index in [2.05, 4.69) is 10.3 Å². The lowest BCUT2D eigenvalue weighted by molar-refractivity contribution is -0.143. The van der Waals surface area contributed by atoms with Crippen molar-refractivity contribution in [1.29, 1.82) is 0 Å². The first-order valence-electron chi connectivity index (χ1n) is 11.2. The molecule has 1 amide bonds. The number of esters is 1. The van der Waals surface area contributed by atoms with Crippen LogP contribution >= 0.6 is 0 Å². The van der Waals surface area contributed by atoms with Gasteiger partial charge in [0.25, 0.3) is 5.56 Å². The first-order valence-corrected chi connectivity index (χ1v) is 11.2. The molecule has 0 aliphatic rings. The van der Waals surface area contributed by atoms with Crippen LogP contribution in [0.4, 0.5) is 5.69 Å². The monoisotopic (exact) mass is 470 g/mol. The molecule has 0 saturated heterocycles. The molecule has 35 heavy (non-hydrogen) atoms. The van der Waals surface area contributed by atoms with Crippen LogP contribution in [0.5, 0.6) is 0 Å². The van der Waals surface area contributed by atoms with Gasteiger partial charge >= 0.3 is 5.97 Å². The molecule has 0 saturated carbocycles. The lowest BCUT2D eigenvalue weighted by Crippen LogP contribution is -2.42. The Hall–Kier alpha value is -4.33. The molecule has 0 spiro atoms. The maximum absolute atomic E-state index is 12.9. The summed E-state index contributed by atoms with van der Waals surface area (Å²) in [6.07, 6.45) is 0.720. The fourth-order valence-corrected chi connectivity index (χ4v) is 3.97. The minimum Gasteiger partial charge on any atom is -0.467 e. The van der Waals surface area contributed by atoms with Gasteiger partial charge in [-0.3, -0.25) is 9.59 Å². The molecule has 3 aromatic carbocycles. The fourth-order valence-electron chi connectivity index (χ4n) is 3.97. The zero-order valence-corrected chi connectivity index (χ0v) is 19.8. The molecule has 1 unspecified atom stereocenters. The van der Waals surface area contributed by atoms with Gasteiger partial charge in [-0.1, -0.05) is 58.8 Å². The molecule has 0 radical (unpaired) electrons. The van der Waals surface area contributed by atoms with E-state index >= 15 is 0 Å². The Morgan fingerprint density at radius 3 is 2.26 bits per heavy atom. The zero-order chi connectivity index (χ0) is 24.9. The zero-order valence-electron chi connectivity index (χ0n) is 19.8. The van der Waals surface area contributed by atoms with Gasteiger partial charge in [0.1, 0.15) is 11.6 Å². The van der Waals surface area contributed by atoms with Crippen molar-refractivity contribution in [3.63, 3.8) is 0 Å². The molecule has 0 bridgehead atoms. The number of hydrogen-bond acceptors (Lipinski definition) is 6. The van der Waals surface area contributed by atoms with E-state index < -0.39 is 12.0 Å². The highest BCUT2D eigenvalue weighted by atomic mass is 16.5. The maximum atomic E-state index is 12.9. The Bertz CT molecular complexity index is 1410. The number of fused-ring (bicyclic) bond motifs is 1. The molecule has 8 nitrogen and oxygen atoms in total. The molecule has 178 valence electrons. The minimum absolute atomic E-state index is 0.0846. The van der Waals surface area contributed by atoms with Gasteiger partial charge in [-0.25, -0.2) is 9.48 Å². The summed E-state index contributed by atoms with van der Waals surface area (Å²) in [4.78, 5) is 38.9. The second-order valence-electron chi connectivity index (χ2n) is 8.39. The Morgan fingerprint density at radius 1 is 1.00 bits per heavy atom. The third kappa shape index (κ3) is 5.11. The van der Waals surface area contributed by atoms with Crippen molar-refractivity contribution in [2.24, 2.45) is 0 Å². The summed E-state index contributed by atoms with van der Waals surface area (Å²) in [5.41, 5.74) is 4.88. The van der Waals surface area contributed by atoms with Crippen LogP contribution in [-0.2, 0) is 20.9 Å². The van der Waals surface area contributed by atoms with Crippen molar-refractivity contribution in [2.75, 3.05) is 12.0 Å². The summed E-state index contributed by atoms with van der Waals surface area (Å²) < 4.78 is 6.17. The van der Waals surface area contributed by atoms with Gasteiger partial charge in [-0.05, 0) is 55.7 Å². The number of aryl methyl sites for hydroxylation is 3. The van der Waals surface area contributed by atoms with E-state index in [4.69, 9.17) is 4.74 Å². The van der Waals surface area contributed by atoms with Crippen LogP contribution in [0.3, 0.4) is 0 Å². The van der Waals surface area contributed by atoms with Crippen molar-refractivity contribution in [3.8, 4) is 11.1 Å². The van der Waals surface area contributed by atoms with Crippen molar-refractivity contribution in [1.82, 2.24) is 15.0 Å². The number of methoxy groups -OCH3 is 1. The van der Waals surface area contributed by atoms with Crippen LogP contribution in [0, 0.1) is 13.8 Å². The molecule has 8 heteroatoms. The average Bonchev–Trinajstić information content (AvgIpc) is 2.88. The van der Waals surface area contributed by atoms with E-state index in [1.807, 2.05) is 56.3 Å². The number of rotatable bonds is 8. The second-order valence-corrected chi connectivity index (χ2v) is 8.39. The smallest absolute Gasteiger partial charge is 0.329 e. The third-order valence-electron chi connectivity index (χ3n) is 5.96. The lowest BCUT2D eigenvalue weighted by atomic mass is 10.0. The van der Waals surface area contributed by atoms with Gasteiger partial charge in [0.15, 0.2) is 0 Å². The van der Waals surface area contributed by atoms with Crippen LogP contribution in [0.15, 0.2) is 71.5 Å². The first-order chi connectivity index (χ1) is 16.9. The largest absolute Gasteiger partial charge is 0.467 e. The molecule has 0 fully saturated rings. The van der Waals surface area contributed by atoms with E-state index in [0.29, 0.717) is 23.0 Å². The molecule has 4 aromatic rings. The van der Waals surface area contributed by atoms with Gasteiger partial charge in [-0.2, -0.15) is 0 Å². The summed E-state index contributed by atoms with van der Waals surface area (Å²) in [6.45, 7) is 4.00. The molecule has 0 aliphatic carbocycles. The van der Waals surface area contributed by atoms with Crippen LogP contribution in [0.2, 0.25) is 0 Å². The van der Waals surface area contributed by atoms with E-state index in [1.165, 1.54) is 22.3 Å². The Labute approximate surface area is 202 Å². The molecular formula is C27H26N4O4. The summed E-state index contributed by atoms with van der Waals surface area (Å²) in [6, 6.07) is 19.9. The Balaban J connectivity index is 1.58. The summed E-state index contributed by atoms with van der Waals surface area (Å²) in [5.74, 6) is -0.586. The molecule has 4 rings (SSSR count). The topological polar surface area (TPSA) is 94.4 Å². The number of benzene rings is 3. The number of carbonyl (C=O) groups is 2. The summed E-state index contributed by atoms with van der Waals surface area (Å²) >= 11 is 0. The van der Waals surface area contributed by atoms with Gasteiger partial charge in [0.05, 0.1) is 12.5 Å². The van der Waals surface area contributed by atoms with Crippen molar-refractivity contribution < 1.29 is 14.3 Å². The predicted molar refractivity (Wildman–Crippen MR) is 134 cm³/mol. The predicted octanol–water partition coefficient (Wildman–Crippen LogP) is 3.67. The van der Waals surface area contributed by atoms with Crippen LogP contribution in [0.25, 0.3) is 22.0 Å². The van der Waals surface area contributed by atoms with Gasteiger partial charge in [0, 0.05) is 12.2 Å². The number of hydrogen-bond donors (Lipinski definition) is 0. The van der Waals surface area contributed by atoms with Crippen LogP contribution < -0.4 is 10.5 Å². The molecule has 1 heterocycles. The number of aromatic nitrogens is 3. The molecular weight excluding hydrogens is 444 g/mol. The van der Waals surface area contributed by atoms with Gasteiger partial charge in [-0.15, -0.1) is 5.10 Å². The number of anilines is 1. The highest BCUT2D eigenvalue weighted by molar-refractivity contribution is 5.89. The SMILES string of the molecule is COC(=O)C(CCn1nnc2ccc(C)cc2c1=O)N(C=O)c1ccc(-c2ccc(C)cc2)cc1. The van der Waals surface area contributed by atoms with E-state index in [1.54, 1.807) is 24.3 Å². The standard InChI is InChI=1S/C27H26N4O4/c1-18-4-7-20(8-5-18)21-9-11-22(12-10-21)30(17-32)25(27(34)35-3)14-15-31-26(33)23-16-19(2)6-13-24(23)28-29-31/h4-13,16-17,25H,14-15H2,1-3H3. The molecule has 1 aromatic heterocycles. The first kappa shape index (κ1) is 23.8. The normalized spacial score (nSPS) is 11.7. The third-order valence-corrected chi connectivity index (χ3v) is 5.96. The summed E-state index contributed by atoms with van der Waals surface area (Å²) in [5, 5.41) is 8.56. The van der Waals surface area contributed by atoms with Crippen LogP contribution in [-0.4, -0.2) is 40.5 Å². The van der Waals surface area contributed by atoms with Gasteiger partial charge < -0.3 is 9.64 Å². The Kier molecular flexibility index (Phi) is 7.01. The highest BCUT2D eigenvalue weighted by Crippen LogP contribution is 2.25. The van der Waals surface area contributed by atoms with Crippen LogP contribution in [0.1, 0.15) is 17.5 Å². The van der Waals surface area contributed by atoms with Crippen molar-refractivity contribution >= 4 is 29.0 Å². The quantitative estimate of drug-likeness (QED) is 0.288.